The lowest BCUT2D eigenvalue weighted by Crippen LogP contribution is -2.00. The molecule has 0 aliphatic heterocycles. The molecule has 6 nitrogen and oxygen atoms in total. The summed E-state index contributed by atoms with van der Waals surface area (Å²) >= 11 is 0. The summed E-state index contributed by atoms with van der Waals surface area (Å²) in [6, 6.07) is 9.74. The fourth-order valence-electron chi connectivity index (χ4n) is 2.66. The molecule has 0 atom stereocenters. The topological polar surface area (TPSA) is 79.3 Å². The van der Waals surface area contributed by atoms with E-state index in [9.17, 15) is 4.79 Å². The van der Waals surface area contributed by atoms with Crippen LogP contribution in [0.5, 0.6) is 0 Å². The van der Waals surface area contributed by atoms with Gasteiger partial charge in [0.15, 0.2) is 5.82 Å². The van der Waals surface area contributed by atoms with E-state index in [2.05, 4.69) is 21.3 Å². The van der Waals surface area contributed by atoms with Crippen LogP contribution in [-0.2, 0) is 11.2 Å². The molecule has 0 amide bonds. The Kier molecular flexibility index (Phi) is 4.12. The second kappa shape index (κ2) is 6.23. The Morgan fingerprint density at radius 1 is 1.08 bits per heavy atom. The van der Waals surface area contributed by atoms with Crippen LogP contribution in [0.15, 0.2) is 46.8 Å². The molecule has 0 bridgehead atoms. The summed E-state index contributed by atoms with van der Waals surface area (Å²) in [5.41, 5.74) is 5.05. The summed E-state index contributed by atoms with van der Waals surface area (Å²) in [4.78, 5) is 15.5. The summed E-state index contributed by atoms with van der Waals surface area (Å²) < 4.78 is 1.76. The van der Waals surface area contributed by atoms with Gasteiger partial charge in [-0.3, -0.25) is 9.20 Å². The molecule has 0 saturated heterocycles. The zero-order chi connectivity index (χ0) is 17.3. The zero-order valence-corrected chi connectivity index (χ0v) is 13.8. The Morgan fingerprint density at radius 3 is 2.46 bits per heavy atom. The van der Waals surface area contributed by atoms with Gasteiger partial charge in [0.25, 0.3) is 0 Å². The Bertz CT molecular complexity index is 937. The molecule has 0 radical (unpaired) electrons. The predicted octanol–water partition coefficient (Wildman–Crippen LogP) is 4.30. The van der Waals surface area contributed by atoms with E-state index in [1.54, 1.807) is 4.40 Å². The molecular formula is C18H18N4O2. The molecule has 1 aromatic carbocycles. The molecule has 0 aliphatic carbocycles. The highest BCUT2D eigenvalue weighted by atomic mass is 16.4. The molecule has 6 heteroatoms. The number of imidazole rings is 1. The highest BCUT2D eigenvalue weighted by molar-refractivity contribution is 5.72. The molecule has 122 valence electrons. The van der Waals surface area contributed by atoms with Gasteiger partial charge in [0.2, 0.25) is 0 Å². The van der Waals surface area contributed by atoms with Crippen LogP contribution in [0.2, 0.25) is 0 Å². The normalized spacial score (nSPS) is 11.5. The molecule has 24 heavy (non-hydrogen) atoms. The van der Waals surface area contributed by atoms with Gasteiger partial charge < -0.3 is 5.11 Å². The highest BCUT2D eigenvalue weighted by Crippen LogP contribution is 2.26. The predicted molar refractivity (Wildman–Crippen MR) is 91.4 cm³/mol. The first-order chi connectivity index (χ1) is 11.4. The number of fused-ring (bicyclic) bond motifs is 1. The number of carboxylic acid groups (broad SMARTS) is 1. The number of benzene rings is 1. The lowest BCUT2D eigenvalue weighted by Gasteiger charge is -2.00. The summed E-state index contributed by atoms with van der Waals surface area (Å²) in [6.45, 7) is 5.96. The maximum absolute atomic E-state index is 11.1. The quantitative estimate of drug-likeness (QED) is 0.727. The summed E-state index contributed by atoms with van der Waals surface area (Å²) in [5.74, 6) is -0.496. The van der Waals surface area contributed by atoms with E-state index in [-0.39, 0.29) is 6.42 Å². The fourth-order valence-corrected chi connectivity index (χ4v) is 2.66. The lowest BCUT2D eigenvalue weighted by molar-refractivity contribution is -0.136. The number of carbonyl (C=O) groups is 1. The van der Waals surface area contributed by atoms with Crippen molar-refractivity contribution in [3.05, 3.63) is 58.9 Å². The van der Waals surface area contributed by atoms with E-state index in [1.165, 1.54) is 0 Å². The van der Waals surface area contributed by atoms with Gasteiger partial charge in [0, 0.05) is 6.20 Å². The van der Waals surface area contributed by atoms with Crippen LogP contribution in [0, 0.1) is 20.8 Å². The van der Waals surface area contributed by atoms with Crippen LogP contribution in [0.25, 0.3) is 5.65 Å². The van der Waals surface area contributed by atoms with Crippen molar-refractivity contribution in [3.8, 4) is 0 Å². The Labute approximate surface area is 139 Å². The second-order valence-corrected chi connectivity index (χ2v) is 5.93. The van der Waals surface area contributed by atoms with E-state index < -0.39 is 5.97 Å². The van der Waals surface area contributed by atoms with Gasteiger partial charge in [-0.1, -0.05) is 6.07 Å². The van der Waals surface area contributed by atoms with Gasteiger partial charge in [0.1, 0.15) is 5.65 Å². The van der Waals surface area contributed by atoms with Gasteiger partial charge in [-0.25, -0.2) is 4.98 Å². The summed E-state index contributed by atoms with van der Waals surface area (Å²) in [5, 5.41) is 17.7. The minimum atomic E-state index is -0.946. The fraction of sp³-hybridized carbons (Fsp3) is 0.222. The molecule has 3 rings (SSSR count). The van der Waals surface area contributed by atoms with Crippen LogP contribution >= 0.6 is 0 Å². The minimum Gasteiger partial charge on any atom is -0.481 e. The Morgan fingerprint density at radius 2 is 1.79 bits per heavy atom. The molecule has 0 spiro atoms. The average Bonchev–Trinajstić information content (AvgIpc) is 2.79. The number of hydrogen-bond acceptors (Lipinski definition) is 4. The van der Waals surface area contributed by atoms with E-state index in [0.29, 0.717) is 17.2 Å². The summed E-state index contributed by atoms with van der Waals surface area (Å²) in [6.07, 6.45) is 1.64. The van der Waals surface area contributed by atoms with Gasteiger partial charge in [0.05, 0.1) is 17.8 Å². The number of nitrogens with zero attached hydrogens (tertiary/aromatic N) is 4. The third kappa shape index (κ3) is 3.32. The number of pyridine rings is 1. The second-order valence-electron chi connectivity index (χ2n) is 5.93. The zero-order valence-electron chi connectivity index (χ0n) is 13.8. The standard InChI is InChI=1S/C18H18N4O2/c1-11-4-5-22-16(9-11)19-15(10-17(23)24)18(22)21-20-14-7-12(2)6-13(3)8-14/h4-9H,10H2,1-3H3,(H,23,24). The third-order valence-corrected chi connectivity index (χ3v) is 3.61. The van der Waals surface area contributed by atoms with Crippen LogP contribution in [0.4, 0.5) is 11.5 Å². The van der Waals surface area contributed by atoms with Crippen molar-refractivity contribution in [1.82, 2.24) is 9.38 Å². The number of carboxylic acids is 1. The molecule has 1 N–H and O–H groups in total. The number of azo groups is 1. The molecule has 0 aliphatic rings. The largest absolute Gasteiger partial charge is 0.481 e. The number of aryl methyl sites for hydroxylation is 3. The first-order valence-corrected chi connectivity index (χ1v) is 7.62. The van der Waals surface area contributed by atoms with Crippen LogP contribution in [0.1, 0.15) is 22.4 Å². The molecule has 2 aromatic heterocycles. The SMILES string of the molecule is Cc1cc(C)cc(N=Nc2c(CC(=O)O)nc3cc(C)ccn23)c1. The van der Waals surface area contributed by atoms with Crippen molar-refractivity contribution in [2.45, 2.75) is 27.2 Å². The Hall–Kier alpha value is -3.02. The van der Waals surface area contributed by atoms with Crippen molar-refractivity contribution in [2.24, 2.45) is 10.2 Å². The number of aliphatic carboxylic acids is 1. The lowest BCUT2D eigenvalue weighted by atomic mass is 10.1. The van der Waals surface area contributed by atoms with Gasteiger partial charge in [-0.05, 0) is 61.7 Å². The number of hydrogen-bond donors (Lipinski definition) is 1. The van der Waals surface area contributed by atoms with E-state index in [4.69, 9.17) is 5.11 Å². The maximum atomic E-state index is 11.1. The number of rotatable bonds is 4. The van der Waals surface area contributed by atoms with Crippen molar-refractivity contribution < 1.29 is 9.90 Å². The van der Waals surface area contributed by atoms with Gasteiger partial charge in [-0.2, -0.15) is 0 Å². The van der Waals surface area contributed by atoms with Crippen LogP contribution in [0.3, 0.4) is 0 Å². The van der Waals surface area contributed by atoms with E-state index in [1.807, 2.05) is 51.2 Å². The van der Waals surface area contributed by atoms with Gasteiger partial charge >= 0.3 is 5.97 Å². The molecule has 0 unspecified atom stereocenters. The molecule has 3 aromatic rings. The van der Waals surface area contributed by atoms with Crippen molar-refractivity contribution >= 4 is 23.1 Å². The molecule has 0 fully saturated rings. The van der Waals surface area contributed by atoms with E-state index in [0.717, 1.165) is 22.4 Å². The number of aromatic nitrogens is 2. The van der Waals surface area contributed by atoms with Crippen molar-refractivity contribution in [2.75, 3.05) is 0 Å². The summed E-state index contributed by atoms with van der Waals surface area (Å²) in [7, 11) is 0. The van der Waals surface area contributed by atoms with Crippen molar-refractivity contribution in [1.29, 1.82) is 0 Å². The monoisotopic (exact) mass is 322 g/mol. The first-order valence-electron chi connectivity index (χ1n) is 7.62. The minimum absolute atomic E-state index is 0.193. The van der Waals surface area contributed by atoms with Crippen molar-refractivity contribution in [3.63, 3.8) is 0 Å². The highest BCUT2D eigenvalue weighted by Gasteiger charge is 2.15. The van der Waals surface area contributed by atoms with Gasteiger partial charge in [-0.15, -0.1) is 10.2 Å². The van der Waals surface area contributed by atoms with E-state index >= 15 is 0 Å². The van der Waals surface area contributed by atoms with Crippen LogP contribution in [-0.4, -0.2) is 20.5 Å². The smallest absolute Gasteiger partial charge is 0.309 e. The third-order valence-electron chi connectivity index (χ3n) is 3.61. The Balaban J connectivity index is 2.09. The average molecular weight is 322 g/mol. The molecular weight excluding hydrogens is 304 g/mol. The van der Waals surface area contributed by atoms with Crippen LogP contribution < -0.4 is 0 Å². The first kappa shape index (κ1) is 15.9. The molecule has 2 heterocycles. The maximum Gasteiger partial charge on any atom is 0.309 e. The molecule has 0 saturated carbocycles.